The van der Waals surface area contributed by atoms with E-state index in [-0.39, 0.29) is 99.3 Å². The van der Waals surface area contributed by atoms with Gasteiger partial charge in [0.05, 0.1) is 48.8 Å². The molecule has 0 unspecified atom stereocenters. The van der Waals surface area contributed by atoms with Crippen LogP contribution in [0.1, 0.15) is 82.8 Å². The summed E-state index contributed by atoms with van der Waals surface area (Å²) in [6.07, 6.45) is 13.0. The number of ether oxygens (including phenoxy) is 2. The van der Waals surface area contributed by atoms with Crippen LogP contribution in [-0.4, -0.2) is 122 Å². The third-order valence-electron chi connectivity index (χ3n) is 10.3. The van der Waals surface area contributed by atoms with Crippen LogP contribution in [-0.2, 0) is 22.7 Å². The Balaban J connectivity index is 1.71. The molecule has 2 aromatic carbocycles. The van der Waals surface area contributed by atoms with Crippen molar-refractivity contribution in [1.29, 1.82) is 5.41 Å². The minimum atomic E-state index is -1.01. The first kappa shape index (κ1) is 54.8. The number of nitrogens with zero attached hydrogens (tertiary/aromatic N) is 8. The summed E-state index contributed by atoms with van der Waals surface area (Å²) in [5, 5.41) is 33.8. The highest BCUT2D eigenvalue weighted by molar-refractivity contribution is 6.00. The first-order valence-corrected chi connectivity index (χ1v) is 22.3. The summed E-state index contributed by atoms with van der Waals surface area (Å²) >= 11 is 0. The Morgan fingerprint density at radius 2 is 1.66 bits per heavy atom. The largest absolute Gasteiger partial charge is 0.491 e. The number of allylic oxidation sites excluding steroid dienone is 4. The summed E-state index contributed by atoms with van der Waals surface area (Å²) < 4.78 is 15.7. The van der Waals surface area contributed by atoms with Crippen LogP contribution in [0.25, 0.3) is 17.1 Å². The van der Waals surface area contributed by atoms with E-state index in [4.69, 9.17) is 42.2 Å². The molecule has 2 aromatic heterocycles. The number of carbonyl (C=O) groups is 5. The number of benzene rings is 2. The number of aromatic nitrogens is 4. The van der Waals surface area contributed by atoms with Gasteiger partial charge in [0, 0.05) is 67.6 Å². The summed E-state index contributed by atoms with van der Waals surface area (Å²) in [6, 6.07) is 7.59. The number of anilines is 1. The Morgan fingerprint density at radius 3 is 2.30 bits per heavy atom. The molecule has 3 amide bonds. The van der Waals surface area contributed by atoms with Crippen molar-refractivity contribution in [2.75, 3.05) is 44.4 Å². The van der Waals surface area contributed by atoms with E-state index < -0.39 is 29.7 Å². The van der Waals surface area contributed by atoms with Crippen molar-refractivity contribution in [3.63, 3.8) is 0 Å². The second-order valence-electron chi connectivity index (χ2n) is 15.8. The fourth-order valence-corrected chi connectivity index (χ4v) is 6.98. The quantitative estimate of drug-likeness (QED) is 0.0157. The maximum atomic E-state index is 13.6. The number of nitrogens with one attached hydrogen (secondary N) is 2. The number of imidazole rings is 1. The van der Waals surface area contributed by atoms with Crippen molar-refractivity contribution in [3.05, 3.63) is 113 Å². The van der Waals surface area contributed by atoms with Gasteiger partial charge >= 0.3 is 11.9 Å². The zero-order chi connectivity index (χ0) is 52.2. The van der Waals surface area contributed by atoms with Crippen molar-refractivity contribution in [2.45, 2.75) is 60.0 Å². The number of aryl methyl sites for hydroxylation is 2. The Kier molecular flexibility index (Phi) is 20.6. The number of nitrogens with two attached hydrogens (primary N) is 3. The van der Waals surface area contributed by atoms with Crippen LogP contribution >= 0.6 is 0 Å². The fourth-order valence-electron chi connectivity index (χ4n) is 6.98. The zero-order valence-electron chi connectivity index (χ0n) is 40.3. The molecule has 0 saturated heterocycles. The van der Waals surface area contributed by atoms with Crippen molar-refractivity contribution in [3.8, 4) is 11.5 Å². The van der Waals surface area contributed by atoms with E-state index in [1.807, 2.05) is 23.6 Å². The molecule has 376 valence electrons. The SMILES string of the molecule is C=Nc1cc(C(N)=O)cc(OCCCC(=O)O)c1N(C/C=C/Cn1c(/C=C/C(C)=N)nc2cc(C(N)=O)cc(OC/C=C/CN=C/C(=C\N)N(CCC(=O)O)C(=C)C)c21)CNC(=O)c1cc(C)nn1CC. The average Bonchev–Trinajstić information content (AvgIpc) is 3.89. The summed E-state index contributed by atoms with van der Waals surface area (Å²) in [6.45, 7) is 15.6. The van der Waals surface area contributed by atoms with Crippen molar-refractivity contribution >= 4 is 76.8 Å². The molecule has 4 rings (SSSR count). The smallest absolute Gasteiger partial charge is 0.305 e. The molecule has 71 heavy (non-hydrogen) atoms. The second kappa shape index (κ2) is 26.7. The van der Waals surface area contributed by atoms with E-state index in [0.29, 0.717) is 51.9 Å². The minimum absolute atomic E-state index is 0.0343. The number of hydrogen-bond acceptors (Lipinski definition) is 15. The Labute approximate surface area is 410 Å². The van der Waals surface area contributed by atoms with E-state index in [1.54, 1.807) is 71.7 Å². The lowest BCUT2D eigenvalue weighted by molar-refractivity contribution is -0.138. The monoisotopic (exact) mass is 975 g/mol. The molecule has 0 bridgehead atoms. The van der Waals surface area contributed by atoms with Crippen LogP contribution in [0.5, 0.6) is 11.5 Å². The van der Waals surface area contributed by atoms with Gasteiger partial charge in [-0.3, -0.25) is 38.6 Å². The van der Waals surface area contributed by atoms with E-state index >= 15 is 0 Å². The van der Waals surface area contributed by atoms with Crippen LogP contribution in [0.4, 0.5) is 11.4 Å². The number of rotatable bonds is 30. The summed E-state index contributed by atoms with van der Waals surface area (Å²) in [5.41, 5.74) is 21.2. The van der Waals surface area contributed by atoms with Gasteiger partial charge < -0.3 is 62.0 Å². The van der Waals surface area contributed by atoms with Gasteiger partial charge in [0.25, 0.3) is 5.91 Å². The van der Waals surface area contributed by atoms with E-state index in [1.165, 1.54) is 30.6 Å². The zero-order valence-corrected chi connectivity index (χ0v) is 40.3. The topological polar surface area (TPSA) is 325 Å². The number of fused-ring (bicyclic) bond motifs is 1. The summed E-state index contributed by atoms with van der Waals surface area (Å²) in [5.74, 6) is -3.01. The standard InChI is InChI=1S/C49H61N13O9/c1-7-62-39(23-33(5)58-62)49(69)56-30-59(45-37(54-6)24-34(47(52)67)26-40(45)71-22-12-13-43(63)64)18-9-10-19-61-42(15-14-32(4)51)57-38-25-35(48(53)68)27-41(46(38)61)70-21-11-8-17-55-29-36(28-50)60(31(2)3)20-16-44(65)66/h8-11,14-15,23-29,51H,2,6-7,12-13,16-22,30,50H2,1,3-5H3,(H2,52,67)(H2,53,68)(H,56,69)(H,63,64)(H,65,66)/b10-9+,11-8+,15-14+,36-28+,51-32?,55-29?. The highest BCUT2D eigenvalue weighted by Crippen LogP contribution is 2.40. The Hall–Kier alpha value is -8.82. The molecule has 0 spiro atoms. The van der Waals surface area contributed by atoms with Crippen LogP contribution < -0.4 is 36.9 Å². The van der Waals surface area contributed by atoms with E-state index in [9.17, 15) is 29.1 Å². The lowest BCUT2D eigenvalue weighted by atomic mass is 10.1. The molecule has 10 N–H and O–H groups in total. The first-order valence-electron chi connectivity index (χ1n) is 22.3. The molecule has 22 nitrogen and oxygen atoms in total. The summed E-state index contributed by atoms with van der Waals surface area (Å²) in [7, 11) is 0. The van der Waals surface area contributed by atoms with Gasteiger partial charge in [-0.05, 0) is 89.4 Å². The molecule has 0 radical (unpaired) electrons. The van der Waals surface area contributed by atoms with Gasteiger partial charge in [-0.2, -0.15) is 5.10 Å². The number of aliphatic carboxylic acids is 2. The number of carboxylic acid groups (broad SMARTS) is 2. The average molecular weight is 976 g/mol. The lowest BCUT2D eigenvalue weighted by Crippen LogP contribution is -2.39. The van der Waals surface area contributed by atoms with Gasteiger partial charge in [0.15, 0.2) is 0 Å². The van der Waals surface area contributed by atoms with Gasteiger partial charge in [0.2, 0.25) is 11.8 Å². The number of carbonyl (C=O) groups excluding carboxylic acids is 3. The lowest BCUT2D eigenvalue weighted by Gasteiger charge is -2.28. The highest BCUT2D eigenvalue weighted by atomic mass is 16.5. The maximum absolute atomic E-state index is 13.6. The van der Waals surface area contributed by atoms with Gasteiger partial charge in [-0.15, -0.1) is 0 Å². The van der Waals surface area contributed by atoms with Gasteiger partial charge in [0.1, 0.15) is 40.8 Å². The minimum Gasteiger partial charge on any atom is -0.491 e. The number of hydrogen-bond donors (Lipinski definition) is 7. The number of aliphatic imine (C=N–C) groups is 2. The van der Waals surface area contributed by atoms with Crippen LogP contribution in [0.3, 0.4) is 0 Å². The van der Waals surface area contributed by atoms with Crippen LogP contribution in [0, 0.1) is 12.3 Å². The normalized spacial score (nSPS) is 11.7. The molecule has 0 aliphatic carbocycles. The van der Waals surface area contributed by atoms with Crippen molar-refractivity contribution < 1.29 is 43.7 Å². The molecule has 2 heterocycles. The number of carboxylic acids is 2. The molecule has 22 heteroatoms. The second-order valence-corrected chi connectivity index (χ2v) is 15.8. The molecule has 0 aliphatic rings. The molecule has 4 aromatic rings. The Bertz CT molecular complexity index is 2800. The predicted molar refractivity (Wildman–Crippen MR) is 273 cm³/mol. The van der Waals surface area contributed by atoms with E-state index in [2.05, 4.69) is 33.7 Å². The molecular weight excluding hydrogens is 915 g/mol. The van der Waals surface area contributed by atoms with Crippen molar-refractivity contribution in [2.24, 2.45) is 27.2 Å². The first-order chi connectivity index (χ1) is 33.9. The molecule has 0 atom stereocenters. The van der Waals surface area contributed by atoms with Crippen LogP contribution in [0.15, 0.2) is 94.9 Å². The third-order valence-corrected chi connectivity index (χ3v) is 10.3. The predicted octanol–water partition coefficient (Wildman–Crippen LogP) is 4.95. The Morgan fingerprint density at radius 1 is 0.958 bits per heavy atom. The molecule has 0 aliphatic heterocycles. The number of primary amides is 2. The maximum Gasteiger partial charge on any atom is 0.305 e. The van der Waals surface area contributed by atoms with Gasteiger partial charge in [-0.1, -0.05) is 24.8 Å². The van der Waals surface area contributed by atoms with Crippen molar-refractivity contribution in [1.82, 2.24) is 29.5 Å². The fraction of sp³-hybridized carbons (Fsp3) is 0.306. The number of amides is 3. The van der Waals surface area contributed by atoms with Crippen LogP contribution in [0.2, 0.25) is 0 Å². The summed E-state index contributed by atoms with van der Waals surface area (Å²) in [4.78, 5) is 77.7. The molecule has 0 saturated carbocycles. The molecular formula is C49H61N13O9. The van der Waals surface area contributed by atoms with Gasteiger partial charge in [-0.25, -0.2) is 4.98 Å². The highest BCUT2D eigenvalue weighted by Gasteiger charge is 2.23. The molecule has 0 fully saturated rings. The van der Waals surface area contributed by atoms with E-state index in [0.717, 1.165) is 0 Å². The third kappa shape index (κ3) is 15.9.